The predicted octanol–water partition coefficient (Wildman–Crippen LogP) is 5.03. The molecule has 4 nitrogen and oxygen atoms in total. The lowest BCUT2D eigenvalue weighted by Gasteiger charge is -2.09. The van der Waals surface area contributed by atoms with Crippen LogP contribution in [0.2, 0.25) is 0 Å². The molecule has 0 aliphatic rings. The number of amides is 1. The highest BCUT2D eigenvalue weighted by Gasteiger charge is 2.15. The summed E-state index contributed by atoms with van der Waals surface area (Å²) >= 11 is 1.25. The van der Waals surface area contributed by atoms with Crippen molar-refractivity contribution in [3.63, 3.8) is 0 Å². The Kier molecular flexibility index (Phi) is 5.08. The highest BCUT2D eigenvalue weighted by atomic mass is 32.2. The molecule has 0 aliphatic carbocycles. The lowest BCUT2D eigenvalue weighted by molar-refractivity contribution is -0.113. The number of anilines is 1. The van der Waals surface area contributed by atoms with E-state index in [9.17, 15) is 13.6 Å². The van der Waals surface area contributed by atoms with Crippen LogP contribution < -0.4 is 5.32 Å². The van der Waals surface area contributed by atoms with Crippen molar-refractivity contribution < 1.29 is 13.6 Å². The van der Waals surface area contributed by atoms with Crippen LogP contribution >= 0.6 is 11.8 Å². The largest absolute Gasteiger partial charge is 0.323 e. The number of imidazole rings is 1. The van der Waals surface area contributed by atoms with Crippen LogP contribution in [0.15, 0.2) is 78.0 Å². The summed E-state index contributed by atoms with van der Waals surface area (Å²) in [5, 5.41) is 3.12. The molecule has 0 bridgehead atoms. The highest BCUT2D eigenvalue weighted by Crippen LogP contribution is 2.28. The molecular weight excluding hydrogens is 380 g/mol. The highest BCUT2D eigenvalue weighted by molar-refractivity contribution is 7.99. The first kappa shape index (κ1) is 18.2. The van der Waals surface area contributed by atoms with E-state index in [4.69, 9.17) is 0 Å². The van der Waals surface area contributed by atoms with E-state index in [0.717, 1.165) is 28.9 Å². The maximum atomic E-state index is 13.7. The molecule has 0 radical (unpaired) electrons. The van der Waals surface area contributed by atoms with Gasteiger partial charge in [0.15, 0.2) is 5.16 Å². The van der Waals surface area contributed by atoms with Crippen molar-refractivity contribution in [1.82, 2.24) is 9.55 Å². The molecule has 1 heterocycles. The third-order valence-corrected chi connectivity index (χ3v) is 5.02. The number of carbonyl (C=O) groups excluding carboxylic acids is 1. The second-order valence-electron chi connectivity index (χ2n) is 6.02. The van der Waals surface area contributed by atoms with E-state index in [2.05, 4.69) is 10.3 Å². The maximum absolute atomic E-state index is 13.7. The number of nitrogens with zero attached hydrogens (tertiary/aromatic N) is 2. The standard InChI is InChI=1S/C21H15F2N3OS/c22-14-10-11-17(16(23)12-14)24-20(27)13-28-21-25-18-8-4-5-9-19(18)26(21)15-6-2-1-3-7-15/h1-12H,13H2,(H,24,27). The van der Waals surface area contributed by atoms with E-state index < -0.39 is 17.5 Å². The van der Waals surface area contributed by atoms with Gasteiger partial charge in [-0.15, -0.1) is 0 Å². The minimum atomic E-state index is -0.810. The number of rotatable bonds is 5. The molecule has 0 unspecified atom stereocenters. The predicted molar refractivity (Wildman–Crippen MR) is 107 cm³/mol. The van der Waals surface area contributed by atoms with Crippen LogP contribution in [0.3, 0.4) is 0 Å². The Morgan fingerprint density at radius 2 is 1.75 bits per heavy atom. The zero-order valence-corrected chi connectivity index (χ0v) is 15.4. The molecule has 0 saturated heterocycles. The number of hydrogen-bond acceptors (Lipinski definition) is 3. The van der Waals surface area contributed by atoms with Crippen molar-refractivity contribution in [2.24, 2.45) is 0 Å². The Morgan fingerprint density at radius 1 is 1.00 bits per heavy atom. The van der Waals surface area contributed by atoms with Gasteiger partial charge in [0.05, 0.1) is 22.5 Å². The fraction of sp³-hybridized carbons (Fsp3) is 0.0476. The zero-order valence-electron chi connectivity index (χ0n) is 14.6. The lowest BCUT2D eigenvalue weighted by Crippen LogP contribution is -2.15. The Balaban J connectivity index is 1.57. The lowest BCUT2D eigenvalue weighted by atomic mass is 10.3. The Bertz CT molecular complexity index is 1150. The van der Waals surface area contributed by atoms with Crippen molar-refractivity contribution >= 4 is 34.4 Å². The topological polar surface area (TPSA) is 46.9 Å². The second-order valence-corrected chi connectivity index (χ2v) is 6.96. The van der Waals surface area contributed by atoms with Gasteiger partial charge in [-0.2, -0.15) is 0 Å². The average molecular weight is 395 g/mol. The molecule has 1 aromatic heterocycles. The van der Waals surface area contributed by atoms with Gasteiger partial charge < -0.3 is 5.32 Å². The maximum Gasteiger partial charge on any atom is 0.234 e. The van der Waals surface area contributed by atoms with Crippen LogP contribution in [-0.2, 0) is 4.79 Å². The summed E-state index contributed by atoms with van der Waals surface area (Å²) in [5.74, 6) is -1.87. The van der Waals surface area contributed by atoms with Gasteiger partial charge in [-0.05, 0) is 36.4 Å². The summed E-state index contributed by atoms with van der Waals surface area (Å²) < 4.78 is 28.7. The number of aromatic nitrogens is 2. The van der Waals surface area contributed by atoms with Crippen molar-refractivity contribution in [3.8, 4) is 5.69 Å². The third kappa shape index (κ3) is 3.75. The summed E-state index contributed by atoms with van der Waals surface area (Å²) in [7, 11) is 0. The molecule has 28 heavy (non-hydrogen) atoms. The molecule has 1 amide bonds. The Hall–Kier alpha value is -3.19. The molecule has 4 rings (SSSR count). The van der Waals surface area contributed by atoms with Crippen LogP contribution in [0.5, 0.6) is 0 Å². The van der Waals surface area contributed by atoms with Crippen molar-refractivity contribution in [3.05, 3.63) is 84.4 Å². The van der Waals surface area contributed by atoms with Crippen molar-refractivity contribution in [2.45, 2.75) is 5.16 Å². The number of thioether (sulfide) groups is 1. The fourth-order valence-corrected chi connectivity index (χ4v) is 3.66. The quantitative estimate of drug-likeness (QED) is 0.482. The Labute approximate surface area is 164 Å². The summed E-state index contributed by atoms with van der Waals surface area (Å²) in [6.07, 6.45) is 0. The zero-order chi connectivity index (χ0) is 19.5. The summed E-state index contributed by atoms with van der Waals surface area (Å²) in [6.45, 7) is 0. The first-order valence-corrected chi connectivity index (χ1v) is 9.51. The minimum absolute atomic E-state index is 0.0347. The van der Waals surface area contributed by atoms with Gasteiger partial charge in [-0.25, -0.2) is 13.8 Å². The number of para-hydroxylation sites is 3. The monoisotopic (exact) mass is 395 g/mol. The smallest absolute Gasteiger partial charge is 0.234 e. The van der Waals surface area contributed by atoms with E-state index in [1.54, 1.807) is 0 Å². The van der Waals surface area contributed by atoms with Gasteiger partial charge in [-0.3, -0.25) is 9.36 Å². The average Bonchev–Trinajstić information content (AvgIpc) is 3.07. The van der Waals surface area contributed by atoms with Crippen LogP contribution in [0, 0.1) is 11.6 Å². The van der Waals surface area contributed by atoms with Crippen LogP contribution in [0.1, 0.15) is 0 Å². The van der Waals surface area contributed by atoms with Crippen LogP contribution in [0.25, 0.3) is 16.7 Å². The van der Waals surface area contributed by atoms with Gasteiger partial charge in [-0.1, -0.05) is 42.1 Å². The minimum Gasteiger partial charge on any atom is -0.323 e. The van der Waals surface area contributed by atoms with Crippen molar-refractivity contribution in [1.29, 1.82) is 0 Å². The normalized spacial score (nSPS) is 10.9. The number of nitrogens with one attached hydrogen (secondary N) is 1. The van der Waals surface area contributed by atoms with Crippen LogP contribution in [0.4, 0.5) is 14.5 Å². The van der Waals surface area contributed by atoms with Gasteiger partial charge in [0.25, 0.3) is 0 Å². The molecule has 0 spiro atoms. The van der Waals surface area contributed by atoms with Crippen LogP contribution in [-0.4, -0.2) is 21.2 Å². The van der Waals surface area contributed by atoms with Gasteiger partial charge in [0.1, 0.15) is 11.6 Å². The Morgan fingerprint density at radius 3 is 2.54 bits per heavy atom. The number of fused-ring (bicyclic) bond motifs is 1. The molecule has 0 aliphatic heterocycles. The molecule has 140 valence electrons. The number of benzene rings is 3. The van der Waals surface area contributed by atoms with Crippen molar-refractivity contribution in [2.75, 3.05) is 11.1 Å². The summed E-state index contributed by atoms with van der Waals surface area (Å²) in [4.78, 5) is 16.9. The molecule has 3 aromatic carbocycles. The second kappa shape index (κ2) is 7.82. The molecule has 4 aromatic rings. The first-order chi connectivity index (χ1) is 13.6. The molecular formula is C21H15F2N3OS. The third-order valence-electron chi connectivity index (χ3n) is 4.08. The summed E-state index contributed by atoms with van der Waals surface area (Å²) in [6, 6.07) is 20.5. The molecule has 0 atom stereocenters. The van der Waals surface area contributed by atoms with Gasteiger partial charge >= 0.3 is 0 Å². The van der Waals surface area contributed by atoms with Gasteiger partial charge in [0.2, 0.25) is 5.91 Å². The molecule has 1 N–H and O–H groups in total. The van der Waals surface area contributed by atoms with Gasteiger partial charge in [0, 0.05) is 11.8 Å². The van der Waals surface area contributed by atoms with E-state index in [1.807, 2.05) is 59.2 Å². The SMILES string of the molecule is O=C(CSc1nc2ccccc2n1-c1ccccc1)Nc1ccc(F)cc1F. The van der Waals surface area contributed by atoms with E-state index >= 15 is 0 Å². The first-order valence-electron chi connectivity index (χ1n) is 8.52. The summed E-state index contributed by atoms with van der Waals surface area (Å²) in [5.41, 5.74) is 2.63. The van der Waals surface area contributed by atoms with E-state index in [-0.39, 0.29) is 11.4 Å². The molecule has 0 saturated carbocycles. The number of halogens is 2. The number of hydrogen-bond donors (Lipinski definition) is 1. The molecule has 7 heteroatoms. The van der Waals surface area contributed by atoms with E-state index in [0.29, 0.717) is 5.16 Å². The molecule has 0 fully saturated rings. The van der Waals surface area contributed by atoms with E-state index in [1.165, 1.54) is 17.8 Å². The number of carbonyl (C=O) groups is 1. The fourth-order valence-electron chi connectivity index (χ4n) is 2.83.